The minimum atomic E-state index is -0.331. The average molecular weight is 225 g/mol. The molecule has 0 aliphatic heterocycles. The minimum Gasteiger partial charge on any atom is -0.256 e. The van der Waals surface area contributed by atoms with Crippen LogP contribution in [-0.2, 0) is 6.42 Å². The van der Waals surface area contributed by atoms with E-state index in [1.165, 1.54) is 0 Å². The van der Waals surface area contributed by atoms with Crippen molar-refractivity contribution < 1.29 is 4.39 Å². The van der Waals surface area contributed by atoms with E-state index in [1.54, 1.807) is 0 Å². The predicted octanol–water partition coefficient (Wildman–Crippen LogP) is 3.90. The van der Waals surface area contributed by atoms with Crippen molar-refractivity contribution in [3.05, 3.63) is 54.2 Å². The molecule has 2 heteroatoms. The summed E-state index contributed by atoms with van der Waals surface area (Å²) in [4.78, 5) is 4.43. The summed E-state index contributed by atoms with van der Waals surface area (Å²) in [5, 5.41) is 3.34. The summed E-state index contributed by atoms with van der Waals surface area (Å²) in [6, 6.07) is 14.0. The van der Waals surface area contributed by atoms with E-state index in [0.717, 1.165) is 27.2 Å². The van der Waals surface area contributed by atoms with Crippen molar-refractivity contribution in [2.24, 2.45) is 0 Å². The Bertz CT molecular complexity index is 676. The van der Waals surface area contributed by atoms with Crippen LogP contribution in [-0.4, -0.2) is 11.7 Å². The Morgan fingerprint density at radius 2 is 1.88 bits per heavy atom. The number of benzene rings is 2. The molecule has 0 bridgehead atoms. The van der Waals surface area contributed by atoms with E-state index in [-0.39, 0.29) is 6.67 Å². The number of aromatic nitrogens is 1. The van der Waals surface area contributed by atoms with E-state index in [4.69, 9.17) is 0 Å². The molecule has 1 nitrogen and oxygen atoms in total. The molecule has 0 aliphatic rings. The van der Waals surface area contributed by atoms with Crippen LogP contribution in [0.5, 0.6) is 0 Å². The van der Waals surface area contributed by atoms with Crippen LogP contribution in [0.25, 0.3) is 21.7 Å². The van der Waals surface area contributed by atoms with Gasteiger partial charge in [0.2, 0.25) is 0 Å². The zero-order valence-corrected chi connectivity index (χ0v) is 9.36. The van der Waals surface area contributed by atoms with Crippen molar-refractivity contribution >= 4 is 21.7 Å². The van der Waals surface area contributed by atoms with Gasteiger partial charge in [0.05, 0.1) is 12.2 Å². The largest absolute Gasteiger partial charge is 0.256 e. The molecule has 0 radical (unpaired) electrons. The van der Waals surface area contributed by atoms with Crippen LogP contribution in [0.3, 0.4) is 0 Å². The maximum atomic E-state index is 12.6. The topological polar surface area (TPSA) is 12.9 Å². The summed E-state index contributed by atoms with van der Waals surface area (Å²) in [5.41, 5.74) is 1.98. The van der Waals surface area contributed by atoms with Crippen molar-refractivity contribution in [3.63, 3.8) is 0 Å². The molecule has 0 atom stereocenters. The molecule has 0 fully saturated rings. The van der Waals surface area contributed by atoms with Gasteiger partial charge >= 0.3 is 0 Å². The number of hydrogen-bond acceptors (Lipinski definition) is 1. The van der Waals surface area contributed by atoms with Crippen LogP contribution in [0, 0.1) is 0 Å². The van der Waals surface area contributed by atoms with Crippen molar-refractivity contribution in [1.29, 1.82) is 0 Å². The lowest BCUT2D eigenvalue weighted by atomic mass is 10.0. The number of nitrogens with zero attached hydrogens (tertiary/aromatic N) is 1. The van der Waals surface area contributed by atoms with E-state index in [9.17, 15) is 4.39 Å². The van der Waals surface area contributed by atoms with Crippen molar-refractivity contribution in [2.45, 2.75) is 6.42 Å². The standard InChI is InChI=1S/C15H12FN/c16-9-8-11-5-3-7-14-15(11)13-6-2-1-4-12(13)10-17-14/h1-7,10H,8-9H2. The van der Waals surface area contributed by atoms with Crippen LogP contribution >= 0.6 is 0 Å². The van der Waals surface area contributed by atoms with Gasteiger partial charge in [0, 0.05) is 23.4 Å². The molecule has 1 aromatic heterocycles. The van der Waals surface area contributed by atoms with Gasteiger partial charge in [0.25, 0.3) is 0 Å². The lowest BCUT2D eigenvalue weighted by Gasteiger charge is -2.07. The number of pyridine rings is 1. The Balaban J connectivity index is 2.45. The molecule has 17 heavy (non-hydrogen) atoms. The third-order valence-electron chi connectivity index (χ3n) is 3.07. The molecule has 84 valence electrons. The van der Waals surface area contributed by atoms with Crippen LogP contribution in [0.1, 0.15) is 5.56 Å². The fourth-order valence-electron chi connectivity index (χ4n) is 2.29. The monoisotopic (exact) mass is 225 g/mol. The van der Waals surface area contributed by atoms with Gasteiger partial charge in [-0.2, -0.15) is 0 Å². The Morgan fingerprint density at radius 3 is 2.76 bits per heavy atom. The van der Waals surface area contributed by atoms with Gasteiger partial charge in [-0.05, 0) is 17.0 Å². The Labute approximate surface area is 98.9 Å². The van der Waals surface area contributed by atoms with Crippen molar-refractivity contribution in [2.75, 3.05) is 6.67 Å². The highest BCUT2D eigenvalue weighted by Crippen LogP contribution is 2.26. The molecular formula is C15H12FN. The predicted molar refractivity (Wildman–Crippen MR) is 68.9 cm³/mol. The summed E-state index contributed by atoms with van der Waals surface area (Å²) >= 11 is 0. The molecule has 0 aliphatic carbocycles. The number of rotatable bonds is 2. The first-order chi connectivity index (χ1) is 8.40. The Kier molecular flexibility index (Phi) is 2.48. The lowest BCUT2D eigenvalue weighted by Crippen LogP contribution is -1.91. The van der Waals surface area contributed by atoms with E-state index >= 15 is 0 Å². The second-order valence-electron chi connectivity index (χ2n) is 4.10. The average Bonchev–Trinajstić information content (AvgIpc) is 2.39. The normalized spacial score (nSPS) is 11.1. The van der Waals surface area contributed by atoms with Crippen molar-refractivity contribution in [1.82, 2.24) is 4.98 Å². The van der Waals surface area contributed by atoms with Gasteiger partial charge in [-0.1, -0.05) is 36.4 Å². The van der Waals surface area contributed by atoms with Gasteiger partial charge in [-0.3, -0.25) is 9.37 Å². The van der Waals surface area contributed by atoms with Gasteiger partial charge in [-0.15, -0.1) is 0 Å². The van der Waals surface area contributed by atoms with Crippen molar-refractivity contribution in [3.8, 4) is 0 Å². The summed E-state index contributed by atoms with van der Waals surface area (Å²) in [5.74, 6) is 0. The highest BCUT2D eigenvalue weighted by Gasteiger charge is 2.05. The summed E-state index contributed by atoms with van der Waals surface area (Å²) in [6.07, 6.45) is 2.32. The second kappa shape index (κ2) is 4.13. The third-order valence-corrected chi connectivity index (χ3v) is 3.07. The molecule has 1 heterocycles. The quantitative estimate of drug-likeness (QED) is 0.603. The summed E-state index contributed by atoms with van der Waals surface area (Å²) < 4.78 is 12.6. The summed E-state index contributed by atoms with van der Waals surface area (Å²) in [7, 11) is 0. The molecule has 0 saturated heterocycles. The maximum absolute atomic E-state index is 12.6. The van der Waals surface area contributed by atoms with Gasteiger partial charge in [-0.25, -0.2) is 0 Å². The molecule has 3 rings (SSSR count). The second-order valence-corrected chi connectivity index (χ2v) is 4.10. The first kappa shape index (κ1) is 10.2. The molecule has 0 amide bonds. The fraction of sp³-hybridized carbons (Fsp3) is 0.133. The minimum absolute atomic E-state index is 0.331. The number of fused-ring (bicyclic) bond motifs is 3. The Hall–Kier alpha value is -1.96. The van der Waals surface area contributed by atoms with E-state index in [1.807, 2.05) is 42.6 Å². The molecule has 3 aromatic rings. The molecular weight excluding hydrogens is 213 g/mol. The van der Waals surface area contributed by atoms with Gasteiger partial charge in [0.1, 0.15) is 0 Å². The zero-order chi connectivity index (χ0) is 11.7. The van der Waals surface area contributed by atoms with Crippen LogP contribution in [0.2, 0.25) is 0 Å². The lowest BCUT2D eigenvalue weighted by molar-refractivity contribution is 0.496. The highest BCUT2D eigenvalue weighted by atomic mass is 19.1. The van der Waals surface area contributed by atoms with Gasteiger partial charge in [0.15, 0.2) is 0 Å². The molecule has 0 unspecified atom stereocenters. The smallest absolute Gasteiger partial charge is 0.0935 e. The first-order valence-electron chi connectivity index (χ1n) is 5.71. The third kappa shape index (κ3) is 1.66. The summed E-state index contributed by atoms with van der Waals surface area (Å²) in [6.45, 7) is -0.331. The SMILES string of the molecule is FCCc1cccc2ncc3ccccc3c12. The van der Waals surface area contributed by atoms with Crippen LogP contribution < -0.4 is 0 Å². The van der Waals surface area contributed by atoms with E-state index in [2.05, 4.69) is 11.1 Å². The van der Waals surface area contributed by atoms with Crippen LogP contribution in [0.15, 0.2) is 48.7 Å². The maximum Gasteiger partial charge on any atom is 0.0935 e. The van der Waals surface area contributed by atoms with Crippen LogP contribution in [0.4, 0.5) is 4.39 Å². The first-order valence-corrected chi connectivity index (χ1v) is 5.71. The Morgan fingerprint density at radius 1 is 1.00 bits per heavy atom. The zero-order valence-electron chi connectivity index (χ0n) is 9.36. The number of hydrogen-bond donors (Lipinski definition) is 0. The number of alkyl halides is 1. The molecule has 0 N–H and O–H groups in total. The van der Waals surface area contributed by atoms with E-state index in [0.29, 0.717) is 6.42 Å². The number of halogens is 1. The molecule has 0 saturated carbocycles. The fourth-order valence-corrected chi connectivity index (χ4v) is 2.29. The van der Waals surface area contributed by atoms with E-state index < -0.39 is 0 Å². The molecule has 0 spiro atoms. The molecule has 2 aromatic carbocycles. The number of aryl methyl sites for hydroxylation is 1. The van der Waals surface area contributed by atoms with Gasteiger partial charge < -0.3 is 0 Å². The highest BCUT2D eigenvalue weighted by molar-refractivity contribution is 6.07.